The summed E-state index contributed by atoms with van der Waals surface area (Å²) in [5, 5.41) is 1.09. The summed E-state index contributed by atoms with van der Waals surface area (Å²) in [6.07, 6.45) is 0.757. The van der Waals surface area contributed by atoms with E-state index in [1.807, 2.05) is 37.4 Å². The molecule has 4 rings (SSSR count). The molecule has 2 atom stereocenters. The van der Waals surface area contributed by atoms with Crippen molar-refractivity contribution in [3.63, 3.8) is 0 Å². The Bertz CT molecular complexity index is 941. The lowest BCUT2D eigenvalue weighted by Gasteiger charge is -2.32. The van der Waals surface area contributed by atoms with Gasteiger partial charge in [-0.1, -0.05) is 62.4 Å². The summed E-state index contributed by atoms with van der Waals surface area (Å²) in [6, 6.07) is 16.1. The lowest BCUT2D eigenvalue weighted by atomic mass is 9.98. The molecule has 2 heterocycles. The zero-order chi connectivity index (χ0) is 19.9. The van der Waals surface area contributed by atoms with E-state index in [4.69, 9.17) is 4.84 Å². The van der Waals surface area contributed by atoms with E-state index in [0.717, 1.165) is 17.5 Å². The van der Waals surface area contributed by atoms with Crippen molar-refractivity contribution in [3.05, 3.63) is 70.8 Å². The van der Waals surface area contributed by atoms with Gasteiger partial charge in [-0.15, -0.1) is 0 Å². The first-order valence-electron chi connectivity index (χ1n) is 9.89. The second kappa shape index (κ2) is 7.59. The van der Waals surface area contributed by atoms with Crippen LogP contribution in [-0.4, -0.2) is 43.2 Å². The quantitative estimate of drug-likeness (QED) is 0.788. The van der Waals surface area contributed by atoms with E-state index < -0.39 is 15.3 Å². The van der Waals surface area contributed by atoms with Crippen LogP contribution in [0.4, 0.5) is 0 Å². The highest BCUT2D eigenvalue weighted by atomic mass is 32.2. The van der Waals surface area contributed by atoms with Gasteiger partial charge in [-0.25, -0.2) is 8.42 Å². The van der Waals surface area contributed by atoms with E-state index >= 15 is 0 Å². The second-order valence-electron chi connectivity index (χ2n) is 8.04. The van der Waals surface area contributed by atoms with Crippen LogP contribution < -0.4 is 0 Å². The van der Waals surface area contributed by atoms with Gasteiger partial charge in [-0.05, 0) is 34.6 Å². The zero-order valence-corrected chi connectivity index (χ0v) is 17.5. The summed E-state index contributed by atoms with van der Waals surface area (Å²) < 4.78 is 28.7. The van der Waals surface area contributed by atoms with Gasteiger partial charge in [0.05, 0.1) is 12.6 Å². The lowest BCUT2D eigenvalue weighted by Crippen LogP contribution is -2.44. The fraction of sp³-hybridized carbons (Fsp3) is 0.455. The number of nitrogens with zero attached hydrogens (tertiary/aromatic N) is 2. The van der Waals surface area contributed by atoms with E-state index in [-0.39, 0.29) is 12.6 Å². The maximum atomic E-state index is 13.5. The normalized spacial score (nSPS) is 23.9. The predicted molar refractivity (Wildman–Crippen MR) is 110 cm³/mol. The van der Waals surface area contributed by atoms with Crippen molar-refractivity contribution < 1.29 is 13.3 Å². The van der Waals surface area contributed by atoms with Gasteiger partial charge in [0.15, 0.2) is 0 Å². The Morgan fingerprint density at radius 1 is 1.04 bits per heavy atom. The smallest absolute Gasteiger partial charge is 0.221 e. The van der Waals surface area contributed by atoms with Crippen LogP contribution in [0.1, 0.15) is 48.1 Å². The monoisotopic (exact) mass is 400 g/mol. The zero-order valence-electron chi connectivity index (χ0n) is 16.7. The number of rotatable bonds is 4. The maximum Gasteiger partial charge on any atom is 0.221 e. The minimum absolute atomic E-state index is 0.188. The van der Waals surface area contributed by atoms with Crippen LogP contribution in [-0.2, 0) is 27.8 Å². The van der Waals surface area contributed by atoms with Gasteiger partial charge in [-0.3, -0.25) is 4.84 Å². The van der Waals surface area contributed by atoms with Gasteiger partial charge in [0.25, 0.3) is 0 Å². The van der Waals surface area contributed by atoms with E-state index in [9.17, 15) is 8.42 Å². The fourth-order valence-electron chi connectivity index (χ4n) is 4.23. The molecule has 6 heteroatoms. The van der Waals surface area contributed by atoms with Crippen LogP contribution in [0.3, 0.4) is 0 Å². The average Bonchev–Trinajstić information content (AvgIpc) is 3.10. The highest BCUT2D eigenvalue weighted by molar-refractivity contribution is 7.89. The van der Waals surface area contributed by atoms with Crippen molar-refractivity contribution in [2.75, 3.05) is 20.2 Å². The van der Waals surface area contributed by atoms with E-state index in [1.54, 1.807) is 9.37 Å². The number of hydrogen-bond acceptors (Lipinski definition) is 4. The standard InChI is InChI=1S/C22H28N2O3S/c1-16(2)17-8-10-19(11-9-17)22-21(15-27-23(22)3)28(25,26)24-13-12-18-6-4-5-7-20(18)14-24/h4-11,16,21-22H,12-15H2,1-3H3/t21-,22-/m0/s1. The van der Waals surface area contributed by atoms with Crippen molar-refractivity contribution >= 4 is 10.0 Å². The summed E-state index contributed by atoms with van der Waals surface area (Å²) in [6.45, 7) is 5.46. The molecule has 0 radical (unpaired) electrons. The maximum absolute atomic E-state index is 13.5. The molecule has 0 spiro atoms. The van der Waals surface area contributed by atoms with Gasteiger partial charge in [-0.2, -0.15) is 9.37 Å². The van der Waals surface area contributed by atoms with Crippen LogP contribution in [0.5, 0.6) is 0 Å². The summed E-state index contributed by atoms with van der Waals surface area (Å²) in [5.74, 6) is 0.444. The first kappa shape index (κ1) is 19.6. The van der Waals surface area contributed by atoms with Gasteiger partial charge in [0.1, 0.15) is 5.25 Å². The molecule has 0 aliphatic carbocycles. The molecule has 2 aromatic rings. The minimum atomic E-state index is -3.49. The molecule has 0 amide bonds. The summed E-state index contributed by atoms with van der Waals surface area (Å²) in [4.78, 5) is 5.68. The van der Waals surface area contributed by atoms with Gasteiger partial charge < -0.3 is 0 Å². The Morgan fingerprint density at radius 2 is 1.71 bits per heavy atom. The predicted octanol–water partition coefficient (Wildman–Crippen LogP) is 3.48. The third-order valence-corrected chi connectivity index (χ3v) is 8.16. The molecule has 5 nitrogen and oxygen atoms in total. The Hall–Kier alpha value is -1.73. The molecule has 0 bridgehead atoms. The molecule has 150 valence electrons. The Balaban J connectivity index is 1.61. The third-order valence-electron chi connectivity index (χ3n) is 5.97. The average molecular weight is 401 g/mol. The van der Waals surface area contributed by atoms with Crippen molar-refractivity contribution in [2.45, 2.75) is 44.0 Å². The van der Waals surface area contributed by atoms with Crippen molar-refractivity contribution in [2.24, 2.45) is 0 Å². The molecular formula is C22H28N2O3S. The SMILES string of the molecule is CC(C)c1ccc([C@H]2[C@@H](S(=O)(=O)N3CCc4ccccc4C3)CON2C)cc1. The van der Waals surface area contributed by atoms with Gasteiger partial charge >= 0.3 is 0 Å². The molecule has 0 saturated carbocycles. The molecule has 1 fully saturated rings. The van der Waals surface area contributed by atoms with Crippen LogP contribution in [0.15, 0.2) is 48.5 Å². The molecular weight excluding hydrogens is 372 g/mol. The Labute approximate surface area is 167 Å². The molecule has 0 unspecified atom stereocenters. The molecule has 2 aliphatic rings. The number of hydrogen-bond donors (Lipinski definition) is 0. The minimum Gasteiger partial charge on any atom is -0.297 e. The highest BCUT2D eigenvalue weighted by Gasteiger charge is 2.46. The number of benzene rings is 2. The first-order valence-corrected chi connectivity index (χ1v) is 11.4. The first-order chi connectivity index (χ1) is 13.4. The molecule has 1 saturated heterocycles. The van der Waals surface area contributed by atoms with Crippen molar-refractivity contribution in [1.29, 1.82) is 0 Å². The summed E-state index contributed by atoms with van der Waals surface area (Å²) >= 11 is 0. The van der Waals surface area contributed by atoms with Crippen LogP contribution in [0, 0.1) is 0 Å². The van der Waals surface area contributed by atoms with Crippen molar-refractivity contribution in [1.82, 2.24) is 9.37 Å². The van der Waals surface area contributed by atoms with Crippen LogP contribution in [0.2, 0.25) is 0 Å². The van der Waals surface area contributed by atoms with Gasteiger partial charge in [0, 0.05) is 20.1 Å². The Morgan fingerprint density at radius 3 is 2.39 bits per heavy atom. The molecule has 2 aromatic carbocycles. The lowest BCUT2D eigenvalue weighted by molar-refractivity contribution is -0.110. The summed E-state index contributed by atoms with van der Waals surface area (Å²) in [5.41, 5.74) is 4.57. The number of hydroxylamine groups is 2. The van der Waals surface area contributed by atoms with E-state index in [1.165, 1.54) is 11.1 Å². The number of fused-ring (bicyclic) bond motifs is 1. The van der Waals surface area contributed by atoms with E-state index in [0.29, 0.717) is 19.0 Å². The van der Waals surface area contributed by atoms with E-state index in [2.05, 4.69) is 32.0 Å². The summed E-state index contributed by atoms with van der Waals surface area (Å²) in [7, 11) is -1.67. The van der Waals surface area contributed by atoms with Crippen molar-refractivity contribution in [3.8, 4) is 0 Å². The molecule has 28 heavy (non-hydrogen) atoms. The van der Waals surface area contributed by atoms with Crippen LogP contribution >= 0.6 is 0 Å². The Kier molecular flexibility index (Phi) is 5.31. The largest absolute Gasteiger partial charge is 0.297 e. The molecule has 2 aliphatic heterocycles. The highest BCUT2D eigenvalue weighted by Crippen LogP contribution is 2.36. The van der Waals surface area contributed by atoms with Crippen LogP contribution in [0.25, 0.3) is 0 Å². The molecule has 0 aromatic heterocycles. The fourth-order valence-corrected chi connectivity index (χ4v) is 6.16. The second-order valence-corrected chi connectivity index (χ2v) is 10.2. The third kappa shape index (κ3) is 3.50. The van der Waals surface area contributed by atoms with Gasteiger partial charge in [0.2, 0.25) is 10.0 Å². The topological polar surface area (TPSA) is 49.9 Å². The number of sulfonamides is 1. The molecule has 0 N–H and O–H groups in total.